The molecule has 0 fully saturated rings. The Labute approximate surface area is 93.2 Å². The van der Waals surface area contributed by atoms with E-state index in [-0.39, 0.29) is 29.3 Å². The fourth-order valence-corrected chi connectivity index (χ4v) is 1.73. The Balaban J connectivity index is 3.32. The van der Waals surface area contributed by atoms with Gasteiger partial charge in [-0.15, -0.1) is 0 Å². The zero-order valence-electron chi connectivity index (χ0n) is 8.73. The summed E-state index contributed by atoms with van der Waals surface area (Å²) in [6, 6.07) is 1.33. The summed E-state index contributed by atoms with van der Waals surface area (Å²) >= 11 is 5.76. The van der Waals surface area contributed by atoms with Gasteiger partial charge in [0.05, 0.1) is 5.02 Å². The summed E-state index contributed by atoms with van der Waals surface area (Å²) in [5.74, 6) is -0.761. The van der Waals surface area contributed by atoms with Crippen molar-refractivity contribution in [3.63, 3.8) is 0 Å². The SMILES string of the molecule is Cc1cc(F)c(Cl)c(C(=O)CCN)c1C. The molecule has 0 bridgehead atoms. The summed E-state index contributed by atoms with van der Waals surface area (Å²) in [5, 5.41) is -0.100. The maximum Gasteiger partial charge on any atom is 0.166 e. The van der Waals surface area contributed by atoms with Crippen molar-refractivity contribution in [2.24, 2.45) is 5.73 Å². The van der Waals surface area contributed by atoms with Crippen LogP contribution < -0.4 is 5.73 Å². The summed E-state index contributed by atoms with van der Waals surface area (Å²) in [4.78, 5) is 11.7. The Morgan fingerprint density at radius 2 is 2.13 bits per heavy atom. The summed E-state index contributed by atoms with van der Waals surface area (Å²) < 4.78 is 13.3. The van der Waals surface area contributed by atoms with E-state index in [1.54, 1.807) is 13.8 Å². The van der Waals surface area contributed by atoms with E-state index in [1.165, 1.54) is 6.07 Å². The van der Waals surface area contributed by atoms with Crippen molar-refractivity contribution in [3.8, 4) is 0 Å². The second-order valence-electron chi connectivity index (χ2n) is 3.45. The number of benzene rings is 1. The van der Waals surface area contributed by atoms with Crippen molar-refractivity contribution >= 4 is 17.4 Å². The van der Waals surface area contributed by atoms with Crippen molar-refractivity contribution in [2.45, 2.75) is 20.3 Å². The third kappa shape index (κ3) is 2.36. The van der Waals surface area contributed by atoms with Crippen LogP contribution in [0.3, 0.4) is 0 Å². The number of halogens is 2. The van der Waals surface area contributed by atoms with Crippen molar-refractivity contribution in [3.05, 3.63) is 33.6 Å². The van der Waals surface area contributed by atoms with Crippen LogP contribution >= 0.6 is 11.6 Å². The highest BCUT2D eigenvalue weighted by atomic mass is 35.5. The number of nitrogens with two attached hydrogens (primary N) is 1. The van der Waals surface area contributed by atoms with Crippen LogP contribution in [0.4, 0.5) is 4.39 Å². The molecule has 0 radical (unpaired) electrons. The largest absolute Gasteiger partial charge is 0.330 e. The molecule has 0 atom stereocenters. The van der Waals surface area contributed by atoms with Crippen molar-refractivity contribution < 1.29 is 9.18 Å². The van der Waals surface area contributed by atoms with Gasteiger partial charge in [-0.25, -0.2) is 4.39 Å². The zero-order valence-corrected chi connectivity index (χ0v) is 9.49. The number of hydrogen-bond donors (Lipinski definition) is 1. The second kappa shape index (κ2) is 4.73. The lowest BCUT2D eigenvalue weighted by atomic mass is 9.98. The minimum atomic E-state index is -0.555. The molecule has 0 heterocycles. The Kier molecular flexibility index (Phi) is 3.83. The van der Waals surface area contributed by atoms with Crippen LogP contribution in [-0.4, -0.2) is 12.3 Å². The number of rotatable bonds is 3. The molecule has 15 heavy (non-hydrogen) atoms. The first kappa shape index (κ1) is 12.1. The second-order valence-corrected chi connectivity index (χ2v) is 3.83. The smallest absolute Gasteiger partial charge is 0.166 e. The average molecular weight is 230 g/mol. The van der Waals surface area contributed by atoms with Gasteiger partial charge in [-0.05, 0) is 37.6 Å². The molecule has 0 saturated carbocycles. The summed E-state index contributed by atoms with van der Waals surface area (Å²) in [7, 11) is 0. The third-order valence-electron chi connectivity index (χ3n) is 2.39. The molecule has 0 saturated heterocycles. The quantitative estimate of drug-likeness (QED) is 0.810. The fourth-order valence-electron chi connectivity index (χ4n) is 1.43. The molecule has 0 spiro atoms. The molecule has 1 rings (SSSR count). The maximum absolute atomic E-state index is 13.3. The molecular weight excluding hydrogens is 217 g/mol. The van der Waals surface area contributed by atoms with Gasteiger partial charge in [0.2, 0.25) is 0 Å². The van der Waals surface area contributed by atoms with Crippen molar-refractivity contribution in [1.29, 1.82) is 0 Å². The van der Waals surface area contributed by atoms with Crippen LogP contribution in [0, 0.1) is 19.7 Å². The lowest BCUT2D eigenvalue weighted by molar-refractivity contribution is 0.0984. The molecule has 1 aromatic carbocycles. The van der Waals surface area contributed by atoms with Gasteiger partial charge in [0.25, 0.3) is 0 Å². The van der Waals surface area contributed by atoms with E-state index in [9.17, 15) is 9.18 Å². The van der Waals surface area contributed by atoms with Crippen molar-refractivity contribution in [1.82, 2.24) is 0 Å². The molecule has 0 aromatic heterocycles. The van der Waals surface area contributed by atoms with Crippen LogP contribution in [-0.2, 0) is 0 Å². The van der Waals surface area contributed by atoms with Crippen LogP contribution in [0.15, 0.2) is 6.07 Å². The highest BCUT2D eigenvalue weighted by Crippen LogP contribution is 2.27. The number of Topliss-reactive ketones (excluding diaryl/α,β-unsaturated/α-hetero) is 1. The van der Waals surface area contributed by atoms with E-state index < -0.39 is 5.82 Å². The van der Waals surface area contributed by atoms with E-state index >= 15 is 0 Å². The minimum Gasteiger partial charge on any atom is -0.330 e. The molecule has 4 heteroatoms. The summed E-state index contributed by atoms with van der Waals surface area (Å²) in [6.45, 7) is 3.74. The van der Waals surface area contributed by atoms with Gasteiger partial charge < -0.3 is 5.73 Å². The predicted octanol–water partition coefficient (Wildman–Crippen LogP) is 2.63. The van der Waals surface area contributed by atoms with E-state index in [4.69, 9.17) is 17.3 Å². The average Bonchev–Trinajstić information content (AvgIpc) is 2.16. The zero-order chi connectivity index (χ0) is 11.6. The Hall–Kier alpha value is -0.930. The number of ketones is 1. The Bertz CT molecular complexity index is 378. The first-order chi connectivity index (χ1) is 6.99. The maximum atomic E-state index is 13.3. The number of aryl methyl sites for hydroxylation is 1. The highest BCUT2D eigenvalue weighted by Gasteiger charge is 2.17. The lowest BCUT2D eigenvalue weighted by Gasteiger charge is -2.10. The summed E-state index contributed by atoms with van der Waals surface area (Å²) in [5.41, 5.74) is 6.99. The van der Waals surface area contributed by atoms with Gasteiger partial charge >= 0.3 is 0 Å². The molecule has 0 amide bonds. The fraction of sp³-hybridized carbons (Fsp3) is 0.364. The van der Waals surface area contributed by atoms with Crippen LogP contribution in [0.1, 0.15) is 27.9 Å². The topological polar surface area (TPSA) is 43.1 Å². The Morgan fingerprint density at radius 3 is 2.67 bits per heavy atom. The molecule has 0 aliphatic rings. The van der Waals surface area contributed by atoms with Gasteiger partial charge in [0.15, 0.2) is 5.78 Å². The first-order valence-corrected chi connectivity index (χ1v) is 5.05. The monoisotopic (exact) mass is 229 g/mol. The highest BCUT2D eigenvalue weighted by molar-refractivity contribution is 6.34. The minimum absolute atomic E-state index is 0.100. The van der Waals surface area contributed by atoms with Crippen molar-refractivity contribution in [2.75, 3.05) is 6.54 Å². The van der Waals surface area contributed by atoms with Crippen LogP contribution in [0.2, 0.25) is 5.02 Å². The van der Waals surface area contributed by atoms with Gasteiger partial charge in [0.1, 0.15) is 5.82 Å². The van der Waals surface area contributed by atoms with Gasteiger partial charge in [0, 0.05) is 12.0 Å². The molecule has 1 aromatic rings. The number of hydrogen-bond acceptors (Lipinski definition) is 2. The Morgan fingerprint density at radius 1 is 1.53 bits per heavy atom. The summed E-state index contributed by atoms with van der Waals surface area (Å²) in [6.07, 6.45) is 0.184. The molecule has 82 valence electrons. The van der Waals surface area contributed by atoms with Gasteiger partial charge in [-0.1, -0.05) is 11.6 Å². The lowest BCUT2D eigenvalue weighted by Crippen LogP contribution is -2.11. The van der Waals surface area contributed by atoms with E-state index in [1.807, 2.05) is 0 Å². The van der Waals surface area contributed by atoms with E-state index in [0.717, 1.165) is 11.1 Å². The van der Waals surface area contributed by atoms with Crippen LogP contribution in [0.5, 0.6) is 0 Å². The molecule has 0 aliphatic heterocycles. The normalized spacial score (nSPS) is 10.5. The molecule has 0 unspecified atom stereocenters. The van der Waals surface area contributed by atoms with E-state index in [0.29, 0.717) is 0 Å². The van der Waals surface area contributed by atoms with Gasteiger partial charge in [-0.3, -0.25) is 4.79 Å². The standard InChI is InChI=1S/C11H13ClFNO/c1-6-5-8(13)11(12)10(7(6)2)9(15)3-4-14/h5H,3-4,14H2,1-2H3. The van der Waals surface area contributed by atoms with Crippen LogP contribution in [0.25, 0.3) is 0 Å². The molecular formula is C11H13ClFNO. The number of carbonyl (C=O) groups excluding carboxylic acids is 1. The third-order valence-corrected chi connectivity index (χ3v) is 2.76. The first-order valence-electron chi connectivity index (χ1n) is 4.67. The van der Waals surface area contributed by atoms with E-state index in [2.05, 4.69) is 0 Å². The molecule has 2 N–H and O–H groups in total. The molecule has 0 aliphatic carbocycles. The van der Waals surface area contributed by atoms with Gasteiger partial charge in [-0.2, -0.15) is 0 Å². The molecule has 2 nitrogen and oxygen atoms in total. The number of carbonyl (C=O) groups is 1. The predicted molar refractivity (Wildman–Crippen MR) is 58.9 cm³/mol.